The molecule has 9 rings (SSSR count). The number of aromatic nitrogens is 8. The number of aliphatic hydroxyl groups excluding tert-OH is 11. The molecule has 103 heavy (non-hydrogen) atoms. The molecule has 20 atom stereocenters. The van der Waals surface area contributed by atoms with Gasteiger partial charge in [-0.2, -0.15) is 41.5 Å². The first-order valence-corrected chi connectivity index (χ1v) is 40.7. The Hall–Kier alpha value is -4.25. The summed E-state index contributed by atoms with van der Waals surface area (Å²) in [7, 11) is -32.5. The van der Waals surface area contributed by atoms with Crippen LogP contribution >= 0.6 is 75.5 Å². The molecule has 0 bridgehead atoms. The minimum Gasteiger partial charge on any atom is -0.394 e. The van der Waals surface area contributed by atoms with Gasteiger partial charge in [0.05, 0.1) is 39.6 Å². The average molecular weight is 1670 g/mol. The summed E-state index contributed by atoms with van der Waals surface area (Å²) < 4.78 is 137. The van der Waals surface area contributed by atoms with Gasteiger partial charge in [0.1, 0.15) is 96.5 Å². The summed E-state index contributed by atoms with van der Waals surface area (Å²) in [6.07, 6.45) is -21.0. The Morgan fingerprint density at radius 2 is 0.767 bits per heavy atom. The zero-order valence-corrected chi connectivity index (χ0v) is 59.7. The molecule has 9 heterocycles. The van der Waals surface area contributed by atoms with Gasteiger partial charge in [-0.3, -0.25) is 31.9 Å². The number of nitrogens with two attached hydrogens (primary N) is 4. The minimum absolute atomic E-state index is 0.0124. The van der Waals surface area contributed by atoms with E-state index in [1.54, 1.807) is 0 Å². The molecule has 8 unspecified atom stereocenters. The number of nitrogen functional groups attached to an aromatic ring is 4. The number of nitrogens with zero attached hydrogens (tertiary/aromatic N) is 8. The predicted octanol–water partition coefficient (Wildman–Crippen LogP) is -5.78. The van der Waals surface area contributed by atoms with Crippen LogP contribution < -0.4 is 45.7 Å². The molecule has 52 nitrogen and oxygen atoms in total. The zero-order valence-electron chi connectivity index (χ0n) is 52.0. The highest BCUT2D eigenvalue weighted by Gasteiger charge is 2.56. The van der Waals surface area contributed by atoms with Crippen LogP contribution in [0.25, 0.3) is 0 Å². The Morgan fingerprint density at radius 1 is 0.466 bits per heavy atom. The smallest absolute Gasteiger partial charge is 0.394 e. The Bertz CT molecular complexity index is 4260. The number of aryl methyl sites for hydroxylation is 2. The molecule has 4 aromatic rings. The third-order valence-corrected chi connectivity index (χ3v) is 24.4. The molecule has 5 saturated heterocycles. The number of ether oxygens (including phenoxy) is 4. The van der Waals surface area contributed by atoms with E-state index in [0.29, 0.717) is 28.5 Å². The van der Waals surface area contributed by atoms with Crippen molar-refractivity contribution in [2.45, 2.75) is 138 Å². The molecule has 0 aromatic carbocycles. The van der Waals surface area contributed by atoms with Crippen LogP contribution in [0.3, 0.4) is 0 Å². The topological polar surface area (TPSA) is 818 Å². The van der Waals surface area contributed by atoms with E-state index in [0.717, 1.165) is 26.1 Å². The van der Waals surface area contributed by atoms with Crippen LogP contribution in [0.15, 0.2) is 44.0 Å². The second-order valence-electron chi connectivity index (χ2n) is 21.3. The average Bonchev–Trinajstić information content (AvgIpc) is 1.79. The summed E-state index contributed by atoms with van der Waals surface area (Å²) in [5.74, 6) is -0.330. The second-order valence-corrected chi connectivity index (χ2v) is 35.0. The van der Waals surface area contributed by atoms with Gasteiger partial charge in [-0.15, -0.1) is 0 Å². The molecular weight excluding hydrogens is 1600 g/mol. The Kier molecular flexibility index (Phi) is 29.8. The fourth-order valence-corrected chi connectivity index (χ4v) is 17.9. The lowest BCUT2D eigenvalue weighted by molar-refractivity contribution is -0.0550. The van der Waals surface area contributed by atoms with Crippen LogP contribution in [-0.4, -0.2) is 223 Å². The molecule has 0 aliphatic carbocycles. The quantitative estimate of drug-likeness (QED) is 0.0326. The van der Waals surface area contributed by atoms with Gasteiger partial charge in [0.2, 0.25) is 0 Å². The first-order valence-electron chi connectivity index (χ1n) is 28.3. The van der Waals surface area contributed by atoms with Crippen LogP contribution in [0.1, 0.15) is 61.0 Å². The molecule has 5 aliphatic rings. The van der Waals surface area contributed by atoms with Crippen molar-refractivity contribution >= 4 is 98.8 Å². The number of phosphoric ester groups is 1. The number of anilines is 4. The van der Waals surface area contributed by atoms with Crippen molar-refractivity contribution in [3.63, 3.8) is 0 Å². The van der Waals surface area contributed by atoms with E-state index in [2.05, 4.69) is 55.1 Å². The highest BCUT2D eigenvalue weighted by Crippen LogP contribution is 2.80. The van der Waals surface area contributed by atoms with E-state index < -0.39 is 214 Å². The summed E-state index contributed by atoms with van der Waals surface area (Å²) >= 11 is 10.5. The molecule has 4 aromatic heterocycles. The SMILES string of the molecule is CCc1cn([C@@H]2O[C@H](CO)C(O)[C@@H]2O)c(=O)nc1N.CCc1cn([C@@H]2O[C@H](COP(=O)(Cl)Cl)C(O)[C@@H]2O)c(=O)nc1N.Nc1nc(=O)n([C@@H]2O[C@H](COP(=O)(O)OP(=O)(O)OP(=O)(O)O)C(O)[C@@H]2O)cc1CO.Nc1nc(=O)n([C@@H]2O[C@H](COP3(=O)OP(=O)(O)OP(=O)(O)O3)C(O)[C@@H]2O)cc1CO. The van der Waals surface area contributed by atoms with E-state index in [1.165, 1.54) is 12.4 Å². The van der Waals surface area contributed by atoms with Crippen molar-refractivity contribution in [3.8, 4) is 0 Å². The zero-order chi connectivity index (χ0) is 77.8. The normalized spacial score (nSPS) is 32.6. The molecule has 0 amide bonds. The van der Waals surface area contributed by atoms with E-state index in [4.69, 9.17) is 84.2 Å². The number of halogens is 2. The third-order valence-electron chi connectivity index (χ3n) is 14.2. The Labute approximate surface area is 582 Å². The second kappa shape index (κ2) is 35.0. The fourth-order valence-electron chi connectivity index (χ4n) is 9.28. The Balaban J connectivity index is 0.000000219. The van der Waals surface area contributed by atoms with Crippen LogP contribution in [-0.2, 0) is 112 Å². The molecule has 0 radical (unpaired) electrons. The molecule has 584 valence electrons. The third kappa shape index (κ3) is 22.9. The highest BCUT2D eigenvalue weighted by molar-refractivity contribution is 8.05. The maximum atomic E-state index is 12.2. The number of rotatable bonds is 22. The van der Waals surface area contributed by atoms with Gasteiger partial charge in [0, 0.05) is 47.0 Å². The fraction of sp³-hybridized carbons (Fsp3) is 0.619. The van der Waals surface area contributed by atoms with Crippen molar-refractivity contribution in [1.29, 1.82) is 0 Å². The van der Waals surface area contributed by atoms with Crippen molar-refractivity contribution < 1.29 is 172 Å². The van der Waals surface area contributed by atoms with E-state index in [-0.39, 0.29) is 34.4 Å². The lowest BCUT2D eigenvalue weighted by atomic mass is 10.1. The molecule has 5 aliphatic heterocycles. The van der Waals surface area contributed by atoms with Gasteiger partial charge < -0.3 is 132 Å². The van der Waals surface area contributed by atoms with Crippen LogP contribution in [0, 0.1) is 0 Å². The Morgan fingerprint density at radius 3 is 1.07 bits per heavy atom. The number of hydrogen-bond acceptors (Lipinski definition) is 42. The highest BCUT2D eigenvalue weighted by atomic mass is 35.9. The summed E-state index contributed by atoms with van der Waals surface area (Å²) in [5, 5.41) is 107. The van der Waals surface area contributed by atoms with Crippen molar-refractivity contribution in [1.82, 2.24) is 38.2 Å². The molecule has 25 N–H and O–H groups in total. The van der Waals surface area contributed by atoms with Crippen LogP contribution in [0.2, 0.25) is 0 Å². The molecular formula is C42H67Cl2N12O40P7. The maximum Gasteiger partial charge on any atom is 0.492 e. The van der Waals surface area contributed by atoms with Gasteiger partial charge >= 0.3 is 75.8 Å². The lowest BCUT2D eigenvalue weighted by Gasteiger charge is -2.27. The van der Waals surface area contributed by atoms with E-state index in [9.17, 15) is 117 Å². The first kappa shape index (κ1) is 87.7. The monoisotopic (exact) mass is 1670 g/mol. The molecule has 5 fully saturated rings. The minimum atomic E-state index is -5.75. The van der Waals surface area contributed by atoms with Gasteiger partial charge in [-0.05, 0) is 35.3 Å². The largest absolute Gasteiger partial charge is 0.492 e. The number of hydrogen-bond donors (Lipinski definition) is 21. The number of aliphatic hydroxyl groups is 11. The summed E-state index contributed by atoms with van der Waals surface area (Å²) in [4.78, 5) is 116. The van der Waals surface area contributed by atoms with Gasteiger partial charge in [-0.1, -0.05) is 13.8 Å². The summed E-state index contributed by atoms with van der Waals surface area (Å²) in [6, 6.07) is 0. The number of phosphoric acid groups is 6. The maximum absolute atomic E-state index is 12.2. The van der Waals surface area contributed by atoms with Gasteiger partial charge in [-0.25, -0.2) is 46.6 Å². The van der Waals surface area contributed by atoms with E-state index >= 15 is 0 Å². The van der Waals surface area contributed by atoms with Crippen LogP contribution in [0.4, 0.5) is 23.3 Å². The molecule has 61 heteroatoms. The van der Waals surface area contributed by atoms with E-state index in [1.807, 2.05) is 13.8 Å². The first-order chi connectivity index (χ1) is 47.4. The van der Waals surface area contributed by atoms with Crippen LogP contribution in [0.5, 0.6) is 0 Å². The van der Waals surface area contributed by atoms with Gasteiger partial charge in [0.25, 0.3) is 0 Å². The van der Waals surface area contributed by atoms with Crippen molar-refractivity contribution in [2.75, 3.05) is 49.4 Å². The van der Waals surface area contributed by atoms with Crippen molar-refractivity contribution in [2.24, 2.45) is 0 Å². The summed E-state index contributed by atoms with van der Waals surface area (Å²) in [6.45, 7) is -0.446. The van der Waals surface area contributed by atoms with Crippen molar-refractivity contribution in [3.05, 3.63) is 89.0 Å². The molecule has 0 spiro atoms. The van der Waals surface area contributed by atoms with Gasteiger partial charge in [0.15, 0.2) is 24.9 Å². The lowest BCUT2D eigenvalue weighted by Crippen LogP contribution is -2.36. The predicted molar refractivity (Wildman–Crippen MR) is 335 cm³/mol. The molecule has 0 saturated carbocycles. The standard InChI is InChI=1S/C11H16Cl2N3O6P.C11H17N3O5.C10H18N3O15P3.C10H16N3O14P3/c1-2-5-3-16(11(19)15-9(5)14)10-8(18)7(17)6(22-10)4-21-23(12,13)20;1-2-5-3-14(11(18)13-9(5)12)10-8(17)7(16)6(4-15)19-10;11-8-4(2-14)1-13(10(17)12-8)9-7(16)6(15)5(26-9)3-25-30(21,22)28-31(23,24)27-29(18,19)20;11-8-4(2-14)1-13(10(17)12-8)9-7(16)6(15)5(24-9)3-23-30(22)26-28(18,19)25-29(20,21)27-30/h3,6-8,10,17-18H,2,4H2,1H3,(H2,14,15,19);3,6-8,10,15-17H,2,4H2,1H3,(H2,12,13,18);1,5-7,9,14-16H,2-3H2,(H,21,22)(H,23,24)(H2,11,12,17)(H2,18,19,20);1,5-7,9,14-16H,2-3H2,(H,18,19)(H,20,21)(H2,11,12,17)/t2*6-,7?,8+,10-;2*5-,6?,7+,9-/m1111/s1. The summed E-state index contributed by atoms with van der Waals surface area (Å²) in [5.41, 5.74) is 19.9.